The van der Waals surface area contributed by atoms with Crippen LogP contribution in [0.2, 0.25) is 0 Å². The lowest BCUT2D eigenvalue weighted by Crippen LogP contribution is -2.38. The molecule has 10 nitrogen and oxygen atoms in total. The molecule has 2 fully saturated rings. The molecule has 3 aromatic rings. The van der Waals surface area contributed by atoms with Crippen molar-refractivity contribution in [3.63, 3.8) is 0 Å². The van der Waals surface area contributed by atoms with Gasteiger partial charge in [0.1, 0.15) is 0 Å². The van der Waals surface area contributed by atoms with Crippen molar-refractivity contribution < 1.29 is 9.59 Å². The first-order valence-electron chi connectivity index (χ1n) is 11.1. The van der Waals surface area contributed by atoms with E-state index in [1.54, 1.807) is 24.5 Å². The number of hydrogen-bond donors (Lipinski definition) is 3. The minimum atomic E-state index is -0.382. The average molecular weight is 477 g/mol. The standard InChI is InChI=1S/C23H24N8O2S/c32-21-20(34-23(33)29-21)12-17-2-7-26-22(28-17)31-9-4-15(5-10-31)13-24-14-16-1-6-25-19(11-16)18-3-8-27-30-18/h1-3,6-8,11-12,15,24H,4-5,9-10,13-14H2,(H,27,30)(H,29,32,33)/b20-12+. The Labute approximate surface area is 200 Å². The van der Waals surface area contributed by atoms with Crippen molar-refractivity contribution in [3.05, 3.63) is 59.0 Å². The monoisotopic (exact) mass is 476 g/mol. The number of pyridine rings is 1. The second-order valence-electron chi connectivity index (χ2n) is 8.21. The van der Waals surface area contributed by atoms with Gasteiger partial charge in [0.15, 0.2) is 0 Å². The number of thioether (sulfide) groups is 1. The second kappa shape index (κ2) is 10.1. The van der Waals surface area contributed by atoms with Gasteiger partial charge in [-0.3, -0.25) is 25.0 Å². The van der Waals surface area contributed by atoms with E-state index in [1.165, 1.54) is 5.56 Å². The van der Waals surface area contributed by atoms with E-state index in [4.69, 9.17) is 0 Å². The van der Waals surface area contributed by atoms with Gasteiger partial charge in [-0.05, 0) is 73.0 Å². The third-order valence-corrected chi connectivity index (χ3v) is 6.66. The number of rotatable bonds is 7. The number of anilines is 1. The molecule has 2 aliphatic rings. The molecule has 0 bridgehead atoms. The summed E-state index contributed by atoms with van der Waals surface area (Å²) in [7, 11) is 0. The van der Waals surface area contributed by atoms with Crippen LogP contribution in [0.5, 0.6) is 0 Å². The first kappa shape index (κ1) is 22.2. The van der Waals surface area contributed by atoms with Crippen molar-refractivity contribution >= 4 is 34.9 Å². The van der Waals surface area contributed by atoms with E-state index in [0.717, 1.165) is 62.2 Å². The molecule has 2 saturated heterocycles. The van der Waals surface area contributed by atoms with Crippen LogP contribution in [0.25, 0.3) is 17.5 Å². The zero-order chi connectivity index (χ0) is 23.3. The molecule has 0 aliphatic carbocycles. The summed E-state index contributed by atoms with van der Waals surface area (Å²) in [6.07, 6.45) is 8.96. The van der Waals surface area contributed by atoms with Gasteiger partial charge in [-0.15, -0.1) is 0 Å². The molecule has 3 N–H and O–H groups in total. The highest BCUT2D eigenvalue weighted by atomic mass is 32.2. The molecule has 3 aromatic heterocycles. The quantitative estimate of drug-likeness (QED) is 0.441. The fraction of sp³-hybridized carbons (Fsp3) is 0.304. The van der Waals surface area contributed by atoms with Gasteiger partial charge in [-0.25, -0.2) is 9.97 Å². The Morgan fingerprint density at radius 2 is 1.97 bits per heavy atom. The summed E-state index contributed by atoms with van der Waals surface area (Å²) < 4.78 is 0. The number of nitrogens with one attached hydrogen (secondary N) is 3. The Bertz CT molecular complexity index is 1210. The van der Waals surface area contributed by atoms with E-state index < -0.39 is 0 Å². The molecule has 2 aliphatic heterocycles. The van der Waals surface area contributed by atoms with Crippen LogP contribution < -0.4 is 15.5 Å². The molecule has 5 rings (SSSR count). The number of imide groups is 1. The summed E-state index contributed by atoms with van der Waals surface area (Å²) in [5.41, 5.74) is 3.61. The number of aromatic nitrogens is 5. The summed E-state index contributed by atoms with van der Waals surface area (Å²) in [5.74, 6) is 0.853. The van der Waals surface area contributed by atoms with Gasteiger partial charge in [0.05, 0.1) is 22.0 Å². The van der Waals surface area contributed by atoms with Crippen molar-refractivity contribution in [2.24, 2.45) is 5.92 Å². The Morgan fingerprint density at radius 3 is 2.74 bits per heavy atom. The van der Waals surface area contributed by atoms with Crippen LogP contribution in [0, 0.1) is 5.92 Å². The van der Waals surface area contributed by atoms with E-state index in [1.807, 2.05) is 18.3 Å². The summed E-state index contributed by atoms with van der Waals surface area (Å²) >= 11 is 0.889. The zero-order valence-corrected chi connectivity index (χ0v) is 19.2. The summed E-state index contributed by atoms with van der Waals surface area (Å²) in [4.78, 5) is 39.0. The van der Waals surface area contributed by atoms with Gasteiger partial charge in [0.25, 0.3) is 11.1 Å². The molecule has 5 heterocycles. The van der Waals surface area contributed by atoms with Crippen molar-refractivity contribution in [1.29, 1.82) is 0 Å². The zero-order valence-electron chi connectivity index (χ0n) is 18.4. The minimum Gasteiger partial charge on any atom is -0.341 e. The number of carbonyl (C=O) groups excluding carboxylic acids is 2. The van der Waals surface area contributed by atoms with Crippen LogP contribution in [0.15, 0.2) is 47.8 Å². The van der Waals surface area contributed by atoms with Gasteiger partial charge in [0, 0.05) is 38.2 Å². The molecule has 0 saturated carbocycles. The van der Waals surface area contributed by atoms with Crippen LogP contribution in [0.1, 0.15) is 24.1 Å². The number of aromatic amines is 1. The fourth-order valence-electron chi connectivity index (χ4n) is 4.04. The lowest BCUT2D eigenvalue weighted by molar-refractivity contribution is -0.115. The van der Waals surface area contributed by atoms with Gasteiger partial charge < -0.3 is 10.2 Å². The summed E-state index contributed by atoms with van der Waals surface area (Å²) in [5, 5.41) is 12.4. The van der Waals surface area contributed by atoms with Gasteiger partial charge in [-0.2, -0.15) is 5.10 Å². The fourth-order valence-corrected chi connectivity index (χ4v) is 4.70. The molecule has 0 spiro atoms. The van der Waals surface area contributed by atoms with E-state index in [0.29, 0.717) is 22.5 Å². The Morgan fingerprint density at radius 1 is 1.12 bits per heavy atom. The van der Waals surface area contributed by atoms with Gasteiger partial charge in [-0.1, -0.05) is 0 Å². The number of amides is 2. The average Bonchev–Trinajstić information content (AvgIpc) is 3.50. The molecule has 0 unspecified atom stereocenters. The summed E-state index contributed by atoms with van der Waals surface area (Å²) in [6, 6.07) is 7.75. The highest BCUT2D eigenvalue weighted by molar-refractivity contribution is 8.18. The number of nitrogens with zero attached hydrogens (tertiary/aromatic N) is 5. The first-order chi connectivity index (χ1) is 16.6. The van der Waals surface area contributed by atoms with Crippen molar-refractivity contribution in [2.45, 2.75) is 19.4 Å². The van der Waals surface area contributed by atoms with E-state index in [9.17, 15) is 9.59 Å². The lowest BCUT2D eigenvalue weighted by atomic mass is 9.97. The maximum Gasteiger partial charge on any atom is 0.290 e. The number of piperidine rings is 1. The van der Waals surface area contributed by atoms with E-state index in [-0.39, 0.29) is 11.1 Å². The van der Waals surface area contributed by atoms with Crippen molar-refractivity contribution in [3.8, 4) is 11.4 Å². The predicted molar refractivity (Wildman–Crippen MR) is 130 cm³/mol. The normalized spacial score (nSPS) is 18.0. The Hall–Kier alpha value is -3.57. The molecular weight excluding hydrogens is 452 g/mol. The third-order valence-electron chi connectivity index (χ3n) is 5.85. The van der Waals surface area contributed by atoms with E-state index >= 15 is 0 Å². The number of hydrogen-bond acceptors (Lipinski definition) is 9. The number of H-pyrrole nitrogens is 1. The maximum absolute atomic E-state index is 11.8. The van der Waals surface area contributed by atoms with Gasteiger partial charge >= 0.3 is 0 Å². The van der Waals surface area contributed by atoms with Crippen LogP contribution in [-0.2, 0) is 11.3 Å². The van der Waals surface area contributed by atoms with Crippen LogP contribution in [-0.4, -0.2) is 55.9 Å². The van der Waals surface area contributed by atoms with Crippen LogP contribution in [0.4, 0.5) is 10.7 Å². The van der Waals surface area contributed by atoms with Crippen molar-refractivity contribution in [2.75, 3.05) is 24.5 Å². The largest absolute Gasteiger partial charge is 0.341 e. The molecule has 174 valence electrons. The smallest absolute Gasteiger partial charge is 0.290 e. The molecule has 2 amide bonds. The Kier molecular flexibility index (Phi) is 6.63. The predicted octanol–water partition coefficient (Wildman–Crippen LogP) is 2.59. The summed E-state index contributed by atoms with van der Waals surface area (Å²) in [6.45, 7) is 3.49. The molecule has 0 aromatic carbocycles. The highest BCUT2D eigenvalue weighted by Crippen LogP contribution is 2.26. The molecule has 0 atom stereocenters. The Balaban J connectivity index is 1.11. The van der Waals surface area contributed by atoms with Crippen LogP contribution in [0.3, 0.4) is 0 Å². The molecule has 0 radical (unpaired) electrons. The topological polar surface area (TPSA) is 129 Å². The first-order valence-corrected chi connectivity index (χ1v) is 11.9. The van der Waals surface area contributed by atoms with Gasteiger partial charge in [0.2, 0.25) is 5.95 Å². The second-order valence-corrected chi connectivity index (χ2v) is 9.23. The van der Waals surface area contributed by atoms with Crippen molar-refractivity contribution in [1.82, 2.24) is 35.8 Å². The highest BCUT2D eigenvalue weighted by Gasteiger charge is 2.25. The SMILES string of the molecule is O=C1NC(=O)/C(=C\c2ccnc(N3CCC(CNCc4ccnc(-c5ccn[nH]5)c4)CC3)n2)S1. The van der Waals surface area contributed by atoms with Crippen LogP contribution >= 0.6 is 11.8 Å². The molecule has 11 heteroatoms. The third kappa shape index (κ3) is 5.32. The number of carbonyl (C=O) groups is 2. The maximum atomic E-state index is 11.8. The molecular formula is C23H24N8O2S. The van der Waals surface area contributed by atoms with E-state index in [2.05, 4.69) is 46.7 Å². The minimum absolute atomic E-state index is 0.352. The lowest BCUT2D eigenvalue weighted by Gasteiger charge is -2.32. The molecule has 34 heavy (non-hydrogen) atoms.